The highest BCUT2D eigenvalue weighted by Crippen LogP contribution is 2.32. The molecular weight excluding hydrogens is 346 g/mol. The van der Waals surface area contributed by atoms with Gasteiger partial charge in [-0.15, -0.1) is 0 Å². The second-order valence-electron chi connectivity index (χ2n) is 6.69. The summed E-state index contributed by atoms with van der Waals surface area (Å²) in [6.45, 7) is 8.12. The predicted molar refractivity (Wildman–Crippen MR) is 93.1 cm³/mol. The van der Waals surface area contributed by atoms with E-state index in [0.717, 1.165) is 35.4 Å². The van der Waals surface area contributed by atoms with Crippen LogP contribution in [-0.2, 0) is 4.74 Å². The van der Waals surface area contributed by atoms with E-state index < -0.39 is 5.60 Å². The highest BCUT2D eigenvalue weighted by Gasteiger charge is 2.25. The number of benzene rings is 1. The number of rotatable bonds is 3. The van der Waals surface area contributed by atoms with Crippen LogP contribution in [0.1, 0.15) is 27.2 Å². The third-order valence-corrected chi connectivity index (χ3v) is 4.17. The van der Waals surface area contributed by atoms with Crippen LogP contribution in [0.15, 0.2) is 22.7 Å². The number of nitrogens with zero attached hydrogens (tertiary/aromatic N) is 1. The van der Waals surface area contributed by atoms with E-state index in [4.69, 9.17) is 10.5 Å². The highest BCUT2D eigenvalue weighted by atomic mass is 79.9. The molecule has 0 spiro atoms. The minimum Gasteiger partial charge on any atom is -0.444 e. The van der Waals surface area contributed by atoms with Crippen LogP contribution in [0.5, 0.6) is 0 Å². The first-order valence-corrected chi connectivity index (χ1v) is 8.31. The number of anilines is 2. The van der Waals surface area contributed by atoms with Crippen molar-refractivity contribution in [1.29, 1.82) is 0 Å². The number of hydrogen-bond acceptors (Lipinski definition) is 4. The smallest absolute Gasteiger partial charge is 0.407 e. The van der Waals surface area contributed by atoms with Gasteiger partial charge in [0, 0.05) is 29.8 Å². The molecule has 6 heteroatoms. The van der Waals surface area contributed by atoms with Crippen LogP contribution in [0, 0.1) is 5.92 Å². The van der Waals surface area contributed by atoms with Gasteiger partial charge >= 0.3 is 6.09 Å². The summed E-state index contributed by atoms with van der Waals surface area (Å²) >= 11 is 3.56. The normalized spacial score (nSPS) is 18.4. The number of amides is 1. The van der Waals surface area contributed by atoms with Crippen molar-refractivity contribution >= 4 is 33.4 Å². The standard InChI is InChI=1S/C16H24BrN3O2/c1-16(2,3)22-15(21)19-9-11-6-7-20(10-11)14-5-4-12(18)8-13(14)17/h4-5,8,11H,6-7,9-10,18H2,1-3H3,(H,19,21). The van der Waals surface area contributed by atoms with E-state index >= 15 is 0 Å². The molecule has 0 bridgehead atoms. The summed E-state index contributed by atoms with van der Waals surface area (Å²) in [5, 5.41) is 2.86. The number of nitrogen functional groups attached to an aromatic ring is 1. The number of carbonyl (C=O) groups excluding carboxylic acids is 1. The van der Waals surface area contributed by atoms with Gasteiger partial charge in [0.05, 0.1) is 5.69 Å². The van der Waals surface area contributed by atoms with Crippen molar-refractivity contribution in [1.82, 2.24) is 5.32 Å². The molecule has 1 amide bonds. The van der Waals surface area contributed by atoms with Gasteiger partial charge in [0.15, 0.2) is 0 Å². The molecule has 0 radical (unpaired) electrons. The summed E-state index contributed by atoms with van der Waals surface area (Å²) in [4.78, 5) is 14.0. The average molecular weight is 370 g/mol. The maximum Gasteiger partial charge on any atom is 0.407 e. The SMILES string of the molecule is CC(C)(C)OC(=O)NCC1CCN(c2ccc(N)cc2Br)C1. The van der Waals surface area contributed by atoms with Crippen molar-refractivity contribution in [2.45, 2.75) is 32.8 Å². The number of halogens is 1. The number of nitrogens with two attached hydrogens (primary N) is 1. The molecule has 3 N–H and O–H groups in total. The lowest BCUT2D eigenvalue weighted by atomic mass is 10.1. The Morgan fingerprint density at radius 3 is 2.86 bits per heavy atom. The molecule has 1 aromatic carbocycles. The van der Waals surface area contributed by atoms with Gasteiger partial charge in [0.2, 0.25) is 0 Å². The molecular formula is C16H24BrN3O2. The molecule has 2 rings (SSSR count). The molecule has 1 aliphatic heterocycles. The summed E-state index contributed by atoms with van der Waals surface area (Å²) < 4.78 is 6.26. The number of ether oxygens (including phenoxy) is 1. The van der Waals surface area contributed by atoms with Crippen molar-refractivity contribution in [3.63, 3.8) is 0 Å². The first-order chi connectivity index (χ1) is 10.2. The molecule has 22 heavy (non-hydrogen) atoms. The fourth-order valence-electron chi connectivity index (χ4n) is 2.54. The number of nitrogens with one attached hydrogen (secondary N) is 1. The van der Waals surface area contributed by atoms with Gasteiger partial charge in [0.25, 0.3) is 0 Å². The Morgan fingerprint density at radius 1 is 1.50 bits per heavy atom. The largest absolute Gasteiger partial charge is 0.444 e. The summed E-state index contributed by atoms with van der Waals surface area (Å²) in [5.41, 5.74) is 7.21. The van der Waals surface area contributed by atoms with Crippen LogP contribution < -0.4 is 16.0 Å². The van der Waals surface area contributed by atoms with Crippen molar-refractivity contribution in [2.24, 2.45) is 5.92 Å². The van der Waals surface area contributed by atoms with E-state index in [2.05, 4.69) is 26.1 Å². The zero-order chi connectivity index (χ0) is 16.3. The van der Waals surface area contributed by atoms with Crippen LogP contribution in [0.4, 0.5) is 16.2 Å². The predicted octanol–water partition coefficient (Wildman–Crippen LogP) is 3.38. The van der Waals surface area contributed by atoms with Crippen molar-refractivity contribution in [3.05, 3.63) is 22.7 Å². The van der Waals surface area contributed by atoms with Crippen LogP contribution in [0.2, 0.25) is 0 Å². The fraction of sp³-hybridized carbons (Fsp3) is 0.562. The summed E-state index contributed by atoms with van der Waals surface area (Å²) in [5.74, 6) is 0.428. The van der Waals surface area contributed by atoms with Gasteiger partial charge in [-0.3, -0.25) is 0 Å². The number of carbonyl (C=O) groups is 1. The lowest BCUT2D eigenvalue weighted by Crippen LogP contribution is -2.36. The first-order valence-electron chi connectivity index (χ1n) is 7.51. The molecule has 0 aliphatic carbocycles. The Hall–Kier alpha value is -1.43. The van der Waals surface area contributed by atoms with Gasteiger partial charge < -0.3 is 20.7 Å². The topological polar surface area (TPSA) is 67.6 Å². The second-order valence-corrected chi connectivity index (χ2v) is 7.55. The zero-order valence-corrected chi connectivity index (χ0v) is 14.9. The fourth-order valence-corrected chi connectivity index (χ4v) is 3.19. The monoisotopic (exact) mass is 369 g/mol. The van der Waals surface area contributed by atoms with Crippen molar-refractivity contribution < 1.29 is 9.53 Å². The Labute approximate surface area is 140 Å². The third-order valence-electron chi connectivity index (χ3n) is 3.53. The Balaban J connectivity index is 1.84. The Bertz CT molecular complexity index is 543. The van der Waals surface area contributed by atoms with Crippen LogP contribution in [0.3, 0.4) is 0 Å². The minimum absolute atomic E-state index is 0.348. The van der Waals surface area contributed by atoms with E-state index in [1.165, 1.54) is 0 Å². The van der Waals surface area contributed by atoms with Gasteiger partial charge in [0.1, 0.15) is 5.60 Å². The molecule has 1 fully saturated rings. The third kappa shape index (κ3) is 4.80. The van der Waals surface area contributed by atoms with Crippen LogP contribution in [0.25, 0.3) is 0 Å². The molecule has 0 saturated carbocycles. The molecule has 1 saturated heterocycles. The quantitative estimate of drug-likeness (QED) is 0.801. The number of hydrogen-bond donors (Lipinski definition) is 2. The van der Waals surface area contributed by atoms with Gasteiger partial charge in [-0.1, -0.05) is 0 Å². The maximum absolute atomic E-state index is 11.7. The van der Waals surface area contributed by atoms with E-state index in [-0.39, 0.29) is 6.09 Å². The van der Waals surface area contributed by atoms with Crippen molar-refractivity contribution in [3.8, 4) is 0 Å². The van der Waals surface area contributed by atoms with E-state index in [1.807, 2.05) is 39.0 Å². The van der Waals surface area contributed by atoms with Gasteiger partial charge in [-0.05, 0) is 67.2 Å². The minimum atomic E-state index is -0.458. The van der Waals surface area contributed by atoms with Gasteiger partial charge in [-0.2, -0.15) is 0 Å². The van der Waals surface area contributed by atoms with Gasteiger partial charge in [-0.25, -0.2) is 4.79 Å². The Kier molecular flexibility index (Phi) is 5.21. The summed E-state index contributed by atoms with van der Waals surface area (Å²) in [7, 11) is 0. The lowest BCUT2D eigenvalue weighted by molar-refractivity contribution is 0.0520. The highest BCUT2D eigenvalue weighted by molar-refractivity contribution is 9.10. The van der Waals surface area contributed by atoms with E-state index in [0.29, 0.717) is 12.5 Å². The first kappa shape index (κ1) is 16.9. The molecule has 1 unspecified atom stereocenters. The molecule has 1 aliphatic rings. The second kappa shape index (κ2) is 6.77. The number of alkyl carbamates (subject to hydrolysis) is 1. The molecule has 122 valence electrons. The zero-order valence-electron chi connectivity index (χ0n) is 13.4. The Morgan fingerprint density at radius 2 is 2.23 bits per heavy atom. The maximum atomic E-state index is 11.7. The van der Waals surface area contributed by atoms with Crippen LogP contribution >= 0.6 is 15.9 Å². The average Bonchev–Trinajstić information content (AvgIpc) is 2.83. The molecule has 5 nitrogen and oxygen atoms in total. The summed E-state index contributed by atoms with van der Waals surface area (Å²) in [6.07, 6.45) is 0.701. The lowest BCUT2D eigenvalue weighted by Gasteiger charge is -2.22. The molecule has 0 aromatic heterocycles. The molecule has 1 atom stereocenters. The van der Waals surface area contributed by atoms with Crippen LogP contribution in [-0.4, -0.2) is 31.3 Å². The molecule has 1 heterocycles. The van der Waals surface area contributed by atoms with Crippen molar-refractivity contribution in [2.75, 3.05) is 30.3 Å². The van der Waals surface area contributed by atoms with E-state index in [9.17, 15) is 4.79 Å². The van der Waals surface area contributed by atoms with E-state index in [1.54, 1.807) is 0 Å². The summed E-state index contributed by atoms with van der Waals surface area (Å²) in [6, 6.07) is 5.86. The molecule has 1 aromatic rings.